The third-order valence-corrected chi connectivity index (χ3v) is 4.47. The Labute approximate surface area is 151 Å². The summed E-state index contributed by atoms with van der Waals surface area (Å²) in [7, 11) is 4.05. The summed E-state index contributed by atoms with van der Waals surface area (Å²) in [4.78, 5) is 19.1. The van der Waals surface area contributed by atoms with Crippen LogP contribution < -0.4 is 10.5 Å². The Bertz CT molecular complexity index is 911. The van der Waals surface area contributed by atoms with Crippen molar-refractivity contribution in [1.82, 2.24) is 9.88 Å². The highest BCUT2D eigenvalue weighted by atomic mass is 32.2. The highest BCUT2D eigenvalue weighted by molar-refractivity contribution is 8.00. The van der Waals surface area contributed by atoms with Crippen LogP contribution in [0.2, 0.25) is 0 Å². The van der Waals surface area contributed by atoms with Crippen LogP contribution in [0.3, 0.4) is 0 Å². The summed E-state index contributed by atoms with van der Waals surface area (Å²) in [5.74, 6) is -0.428. The SMILES string of the molecule is CN(C)Cc1ccc2cccc(NSc3cccc(C(N)=O)c3)c2n1. The molecule has 0 aliphatic heterocycles. The van der Waals surface area contributed by atoms with Gasteiger partial charge in [-0.05, 0) is 56.4 Å². The molecule has 1 heterocycles. The Morgan fingerprint density at radius 1 is 1.16 bits per heavy atom. The van der Waals surface area contributed by atoms with Gasteiger partial charge in [-0.2, -0.15) is 0 Å². The van der Waals surface area contributed by atoms with Crippen molar-refractivity contribution in [2.75, 3.05) is 18.8 Å². The minimum absolute atomic E-state index is 0.428. The summed E-state index contributed by atoms with van der Waals surface area (Å²) < 4.78 is 3.34. The number of nitrogens with two attached hydrogens (primary N) is 1. The molecule has 0 unspecified atom stereocenters. The average Bonchev–Trinajstić information content (AvgIpc) is 2.59. The van der Waals surface area contributed by atoms with E-state index < -0.39 is 5.91 Å². The summed E-state index contributed by atoms with van der Waals surface area (Å²) in [6.07, 6.45) is 0. The maximum Gasteiger partial charge on any atom is 0.248 e. The number of nitrogens with zero attached hydrogens (tertiary/aromatic N) is 2. The van der Waals surface area contributed by atoms with Gasteiger partial charge in [0.15, 0.2) is 0 Å². The van der Waals surface area contributed by atoms with E-state index >= 15 is 0 Å². The Hall–Kier alpha value is -2.57. The van der Waals surface area contributed by atoms with Crippen LogP contribution in [-0.2, 0) is 6.54 Å². The summed E-state index contributed by atoms with van der Waals surface area (Å²) in [5.41, 5.74) is 8.72. The van der Waals surface area contributed by atoms with E-state index in [-0.39, 0.29) is 0 Å². The molecule has 0 aliphatic rings. The first-order valence-electron chi connectivity index (χ1n) is 7.89. The number of primary amides is 1. The minimum Gasteiger partial charge on any atom is -0.366 e. The van der Waals surface area contributed by atoms with Crippen LogP contribution in [0, 0.1) is 0 Å². The zero-order valence-corrected chi connectivity index (χ0v) is 15.0. The lowest BCUT2D eigenvalue weighted by Gasteiger charge is -2.12. The lowest BCUT2D eigenvalue weighted by Crippen LogP contribution is -2.11. The molecular weight excluding hydrogens is 332 g/mol. The number of rotatable bonds is 6. The molecule has 2 aromatic carbocycles. The Balaban J connectivity index is 1.85. The largest absolute Gasteiger partial charge is 0.366 e. The van der Waals surface area contributed by atoms with Crippen molar-refractivity contribution < 1.29 is 4.79 Å². The van der Waals surface area contributed by atoms with E-state index in [0.717, 1.165) is 33.7 Å². The second-order valence-corrected chi connectivity index (χ2v) is 6.89. The van der Waals surface area contributed by atoms with E-state index in [4.69, 9.17) is 10.7 Å². The molecule has 0 spiro atoms. The minimum atomic E-state index is -0.428. The maximum absolute atomic E-state index is 11.3. The Kier molecular flexibility index (Phi) is 5.21. The number of anilines is 1. The number of pyridine rings is 1. The van der Waals surface area contributed by atoms with Gasteiger partial charge in [-0.3, -0.25) is 4.79 Å². The van der Waals surface area contributed by atoms with Gasteiger partial charge in [0, 0.05) is 22.4 Å². The normalized spacial score (nSPS) is 11.0. The van der Waals surface area contributed by atoms with Crippen molar-refractivity contribution >= 4 is 34.4 Å². The zero-order valence-electron chi connectivity index (χ0n) is 14.2. The number of hydrogen-bond donors (Lipinski definition) is 2. The molecule has 0 fully saturated rings. The monoisotopic (exact) mass is 352 g/mol. The number of nitrogens with one attached hydrogen (secondary N) is 1. The number of aromatic nitrogens is 1. The molecule has 3 rings (SSSR count). The number of benzene rings is 2. The Morgan fingerprint density at radius 3 is 2.72 bits per heavy atom. The van der Waals surface area contributed by atoms with Gasteiger partial charge in [0.05, 0.1) is 16.9 Å². The topological polar surface area (TPSA) is 71.2 Å². The molecule has 1 aromatic heterocycles. The number of carbonyl (C=O) groups excluding carboxylic acids is 1. The third kappa shape index (κ3) is 4.29. The van der Waals surface area contributed by atoms with Gasteiger partial charge in [-0.15, -0.1) is 0 Å². The van der Waals surface area contributed by atoms with E-state index in [1.807, 2.05) is 44.4 Å². The van der Waals surface area contributed by atoms with Gasteiger partial charge >= 0.3 is 0 Å². The summed E-state index contributed by atoms with van der Waals surface area (Å²) >= 11 is 1.43. The predicted octanol–water partition coefficient (Wildman–Crippen LogP) is 3.51. The lowest BCUT2D eigenvalue weighted by atomic mass is 10.2. The smallest absolute Gasteiger partial charge is 0.248 e. The summed E-state index contributed by atoms with van der Waals surface area (Å²) in [6, 6.07) is 17.4. The second kappa shape index (κ2) is 7.55. The molecule has 0 saturated carbocycles. The van der Waals surface area contributed by atoms with Crippen LogP contribution in [0.1, 0.15) is 16.1 Å². The molecule has 6 heteroatoms. The maximum atomic E-state index is 11.3. The molecule has 1 amide bonds. The molecule has 0 radical (unpaired) electrons. The van der Waals surface area contributed by atoms with Crippen LogP contribution in [0.4, 0.5) is 5.69 Å². The molecule has 3 aromatic rings. The van der Waals surface area contributed by atoms with Gasteiger partial charge in [0.25, 0.3) is 0 Å². The number of hydrogen-bond acceptors (Lipinski definition) is 5. The van der Waals surface area contributed by atoms with Gasteiger partial charge < -0.3 is 15.4 Å². The van der Waals surface area contributed by atoms with Crippen LogP contribution >= 0.6 is 11.9 Å². The van der Waals surface area contributed by atoms with Crippen LogP contribution in [-0.4, -0.2) is 29.9 Å². The first kappa shape index (κ1) is 17.3. The molecule has 0 aliphatic carbocycles. The lowest BCUT2D eigenvalue weighted by molar-refractivity contribution is 0.1000. The highest BCUT2D eigenvalue weighted by Gasteiger charge is 2.07. The third-order valence-electron chi connectivity index (χ3n) is 3.65. The summed E-state index contributed by atoms with van der Waals surface area (Å²) in [5, 5.41) is 1.08. The van der Waals surface area contributed by atoms with Crippen LogP contribution in [0.15, 0.2) is 59.5 Å². The molecule has 25 heavy (non-hydrogen) atoms. The highest BCUT2D eigenvalue weighted by Crippen LogP contribution is 2.27. The molecule has 128 valence electrons. The molecule has 0 bridgehead atoms. The first-order valence-corrected chi connectivity index (χ1v) is 8.71. The number of fused-ring (bicyclic) bond motifs is 1. The number of carbonyl (C=O) groups is 1. The van der Waals surface area contributed by atoms with Gasteiger partial charge in [-0.1, -0.05) is 24.3 Å². The fraction of sp³-hybridized carbons (Fsp3) is 0.158. The van der Waals surface area contributed by atoms with Crippen LogP contribution in [0.25, 0.3) is 10.9 Å². The van der Waals surface area contributed by atoms with Crippen molar-refractivity contribution in [2.45, 2.75) is 11.4 Å². The van der Waals surface area contributed by atoms with Crippen molar-refractivity contribution in [3.63, 3.8) is 0 Å². The van der Waals surface area contributed by atoms with Gasteiger partial charge in [-0.25, -0.2) is 4.98 Å². The first-order chi connectivity index (χ1) is 12.0. The predicted molar refractivity (Wildman–Crippen MR) is 104 cm³/mol. The van der Waals surface area contributed by atoms with Gasteiger partial charge in [0.2, 0.25) is 5.91 Å². The van der Waals surface area contributed by atoms with Crippen molar-refractivity contribution in [1.29, 1.82) is 0 Å². The average molecular weight is 352 g/mol. The molecule has 0 atom stereocenters. The van der Waals surface area contributed by atoms with Crippen molar-refractivity contribution in [3.8, 4) is 0 Å². The van der Waals surface area contributed by atoms with E-state index in [0.29, 0.717) is 5.56 Å². The van der Waals surface area contributed by atoms with Crippen molar-refractivity contribution in [2.24, 2.45) is 5.73 Å². The summed E-state index contributed by atoms with van der Waals surface area (Å²) in [6.45, 7) is 0.790. The molecule has 3 N–H and O–H groups in total. The quantitative estimate of drug-likeness (QED) is 0.664. The fourth-order valence-electron chi connectivity index (χ4n) is 2.51. The number of para-hydroxylation sites is 1. The van der Waals surface area contributed by atoms with Gasteiger partial charge in [0.1, 0.15) is 0 Å². The molecule has 5 nitrogen and oxygen atoms in total. The van der Waals surface area contributed by atoms with Crippen molar-refractivity contribution in [3.05, 3.63) is 65.9 Å². The molecule has 0 saturated heterocycles. The van der Waals surface area contributed by atoms with E-state index in [1.54, 1.807) is 12.1 Å². The van der Waals surface area contributed by atoms with E-state index in [1.165, 1.54) is 11.9 Å². The van der Waals surface area contributed by atoms with E-state index in [2.05, 4.69) is 21.8 Å². The number of amides is 1. The fourth-order valence-corrected chi connectivity index (χ4v) is 3.23. The zero-order chi connectivity index (χ0) is 17.8. The molecular formula is C19H20N4OS. The Morgan fingerprint density at radius 2 is 1.96 bits per heavy atom. The standard InChI is InChI=1S/C19H20N4OS/c1-23(2)12-15-10-9-13-5-4-8-17(18(13)21-15)22-25-16-7-3-6-14(11-16)19(20)24/h3-11,22H,12H2,1-2H3,(H2,20,24). The van der Waals surface area contributed by atoms with E-state index in [9.17, 15) is 4.79 Å². The van der Waals surface area contributed by atoms with Crippen LogP contribution in [0.5, 0.6) is 0 Å². The second-order valence-electron chi connectivity index (χ2n) is 6.01.